The molecule has 0 aliphatic carbocycles. The summed E-state index contributed by atoms with van der Waals surface area (Å²) in [4.78, 5) is 12.3. The lowest BCUT2D eigenvalue weighted by molar-refractivity contribution is -0.119. The van der Waals surface area contributed by atoms with Gasteiger partial charge in [0.1, 0.15) is 5.75 Å². The normalized spacial score (nSPS) is 14.5. The lowest BCUT2D eigenvalue weighted by Gasteiger charge is -2.26. The number of ether oxygens (including phenoxy) is 2. The maximum absolute atomic E-state index is 12.7. The smallest absolute Gasteiger partial charge is 0.243 e. The van der Waals surface area contributed by atoms with Crippen molar-refractivity contribution in [2.24, 2.45) is 0 Å². The van der Waals surface area contributed by atoms with Crippen molar-refractivity contribution in [3.8, 4) is 5.75 Å². The summed E-state index contributed by atoms with van der Waals surface area (Å²) in [5, 5.41) is 6.49. The Labute approximate surface area is 208 Å². The molecule has 2 N–H and O–H groups in total. The lowest BCUT2D eigenvalue weighted by atomic mass is 10.3. The molecular weight excluding hydrogens is 509 g/mol. The fourth-order valence-corrected chi connectivity index (χ4v) is 5.11. The van der Waals surface area contributed by atoms with E-state index in [4.69, 9.17) is 44.9 Å². The Morgan fingerprint density at radius 2 is 1.82 bits per heavy atom. The molecule has 1 aliphatic heterocycles. The monoisotopic (exact) mass is 531 g/mol. The van der Waals surface area contributed by atoms with E-state index in [1.54, 1.807) is 30.3 Å². The number of sulfonamides is 1. The predicted octanol–water partition coefficient (Wildman–Crippen LogP) is 3.69. The van der Waals surface area contributed by atoms with Crippen LogP contribution in [0.25, 0.3) is 0 Å². The number of hydrogen-bond donors (Lipinski definition) is 2. The molecule has 12 heteroatoms. The van der Waals surface area contributed by atoms with Crippen LogP contribution in [0.2, 0.25) is 10.0 Å². The average molecular weight is 532 g/mol. The Kier molecular flexibility index (Phi) is 9.30. The highest BCUT2D eigenvalue weighted by atomic mass is 35.5. The second-order valence-corrected chi connectivity index (χ2v) is 10.3. The third-order valence-electron chi connectivity index (χ3n) is 4.67. The molecule has 8 nitrogen and oxygen atoms in total. The predicted molar refractivity (Wildman–Crippen MR) is 132 cm³/mol. The molecule has 1 saturated heterocycles. The van der Waals surface area contributed by atoms with Crippen molar-refractivity contribution in [2.45, 2.75) is 17.7 Å². The Hall–Kier alpha value is -1.95. The first-order valence-corrected chi connectivity index (χ1v) is 12.7. The molecule has 178 valence electrons. The van der Waals surface area contributed by atoms with E-state index in [1.165, 1.54) is 16.4 Å². The van der Waals surface area contributed by atoms with Crippen molar-refractivity contribution in [2.75, 3.05) is 38.2 Å². The molecule has 1 fully saturated rings. The number of amides is 1. The van der Waals surface area contributed by atoms with Crippen LogP contribution in [0.4, 0.5) is 5.69 Å². The van der Waals surface area contributed by atoms with Crippen LogP contribution in [0.15, 0.2) is 47.4 Å². The molecule has 0 aromatic heterocycles. The van der Waals surface area contributed by atoms with Crippen molar-refractivity contribution in [1.82, 2.24) is 9.62 Å². The molecule has 0 unspecified atom stereocenters. The zero-order valence-electron chi connectivity index (χ0n) is 17.6. The molecule has 0 atom stereocenters. The summed E-state index contributed by atoms with van der Waals surface area (Å²) in [7, 11) is -3.57. The van der Waals surface area contributed by atoms with E-state index in [9.17, 15) is 13.2 Å². The zero-order valence-corrected chi connectivity index (χ0v) is 20.7. The van der Waals surface area contributed by atoms with Crippen molar-refractivity contribution in [1.29, 1.82) is 0 Å². The van der Waals surface area contributed by atoms with E-state index in [0.29, 0.717) is 60.8 Å². The lowest BCUT2D eigenvalue weighted by Crippen LogP contribution is -2.40. The standard InChI is InChI=1S/C21H23Cl2N3O5S2/c22-15-3-8-19(18(23)14-15)31-11-1-2-20(27)25-21(32)24-16-4-6-17(7-5-16)33(28,29)26-9-12-30-13-10-26/h3-8,14H,1-2,9-13H2,(H2,24,25,27,32). The topological polar surface area (TPSA) is 97.0 Å². The minimum atomic E-state index is -3.57. The molecule has 33 heavy (non-hydrogen) atoms. The molecular formula is C21H23Cl2N3O5S2. The van der Waals surface area contributed by atoms with E-state index in [0.717, 1.165) is 0 Å². The minimum absolute atomic E-state index is 0.116. The molecule has 0 radical (unpaired) electrons. The molecule has 0 bridgehead atoms. The van der Waals surface area contributed by atoms with E-state index >= 15 is 0 Å². The van der Waals surface area contributed by atoms with Gasteiger partial charge in [-0.2, -0.15) is 4.31 Å². The van der Waals surface area contributed by atoms with Crippen LogP contribution >= 0.6 is 35.4 Å². The number of carbonyl (C=O) groups excluding carboxylic acids is 1. The number of thiocarbonyl (C=S) groups is 1. The highest BCUT2D eigenvalue weighted by Gasteiger charge is 2.26. The van der Waals surface area contributed by atoms with Crippen LogP contribution in [0.5, 0.6) is 5.75 Å². The summed E-state index contributed by atoms with van der Waals surface area (Å²) in [6.07, 6.45) is 0.658. The number of benzene rings is 2. The number of anilines is 1. The van der Waals surface area contributed by atoms with Gasteiger partial charge in [0.05, 0.1) is 29.7 Å². The quantitative estimate of drug-likeness (QED) is 0.396. The van der Waals surface area contributed by atoms with Crippen LogP contribution < -0.4 is 15.4 Å². The number of nitrogens with one attached hydrogen (secondary N) is 2. The highest BCUT2D eigenvalue weighted by molar-refractivity contribution is 7.89. The van der Waals surface area contributed by atoms with E-state index in [-0.39, 0.29) is 22.3 Å². The first-order chi connectivity index (χ1) is 15.8. The first kappa shape index (κ1) is 25.7. The Balaban J connectivity index is 1.42. The minimum Gasteiger partial charge on any atom is -0.492 e. The summed E-state index contributed by atoms with van der Waals surface area (Å²) in [5.41, 5.74) is 0.557. The molecule has 0 saturated carbocycles. The van der Waals surface area contributed by atoms with Gasteiger partial charge in [-0.05, 0) is 61.1 Å². The van der Waals surface area contributed by atoms with Gasteiger partial charge in [0.15, 0.2) is 5.11 Å². The number of rotatable bonds is 8. The molecule has 1 amide bonds. The van der Waals surface area contributed by atoms with Gasteiger partial charge in [0.25, 0.3) is 0 Å². The van der Waals surface area contributed by atoms with Crippen molar-refractivity contribution in [3.05, 3.63) is 52.5 Å². The summed E-state index contributed by atoms with van der Waals surface area (Å²) in [5.74, 6) is 0.225. The third-order valence-corrected chi connectivity index (χ3v) is 7.32. The number of morpholine rings is 1. The van der Waals surface area contributed by atoms with Crippen LogP contribution in [0.3, 0.4) is 0 Å². The maximum Gasteiger partial charge on any atom is 0.243 e. The number of nitrogens with zero attached hydrogens (tertiary/aromatic N) is 1. The SMILES string of the molecule is O=C(CCCOc1ccc(Cl)cc1Cl)NC(=S)Nc1ccc(S(=O)(=O)N2CCOCC2)cc1. The number of carbonyl (C=O) groups is 1. The van der Waals surface area contributed by atoms with E-state index < -0.39 is 10.0 Å². The van der Waals surface area contributed by atoms with Gasteiger partial charge in [-0.3, -0.25) is 4.79 Å². The van der Waals surface area contributed by atoms with Crippen LogP contribution in [-0.2, 0) is 19.6 Å². The summed E-state index contributed by atoms with van der Waals surface area (Å²) >= 11 is 17.0. The Morgan fingerprint density at radius 1 is 1.12 bits per heavy atom. The van der Waals surface area contributed by atoms with Gasteiger partial charge < -0.3 is 20.1 Å². The second-order valence-electron chi connectivity index (χ2n) is 7.07. The van der Waals surface area contributed by atoms with Crippen LogP contribution in [-0.4, -0.2) is 56.7 Å². The maximum atomic E-state index is 12.7. The van der Waals surface area contributed by atoms with Gasteiger partial charge in [-0.25, -0.2) is 8.42 Å². The van der Waals surface area contributed by atoms with Gasteiger partial charge in [0.2, 0.25) is 15.9 Å². The van der Waals surface area contributed by atoms with Gasteiger partial charge in [-0.1, -0.05) is 23.2 Å². The van der Waals surface area contributed by atoms with Crippen molar-refractivity contribution in [3.63, 3.8) is 0 Å². The highest BCUT2D eigenvalue weighted by Crippen LogP contribution is 2.27. The van der Waals surface area contributed by atoms with E-state index in [1.807, 2.05) is 0 Å². The van der Waals surface area contributed by atoms with Crippen LogP contribution in [0, 0.1) is 0 Å². The fourth-order valence-electron chi connectivity index (χ4n) is 3.00. The average Bonchev–Trinajstić information content (AvgIpc) is 2.79. The Bertz CT molecular complexity index is 1090. The Morgan fingerprint density at radius 3 is 2.48 bits per heavy atom. The summed E-state index contributed by atoms with van der Waals surface area (Å²) in [6, 6.07) is 11.1. The van der Waals surface area contributed by atoms with Crippen molar-refractivity contribution < 1.29 is 22.7 Å². The number of hydrogen-bond acceptors (Lipinski definition) is 6. The molecule has 1 heterocycles. The second kappa shape index (κ2) is 12.0. The zero-order chi connectivity index (χ0) is 23.8. The molecule has 2 aromatic rings. The fraction of sp³-hybridized carbons (Fsp3) is 0.333. The van der Waals surface area contributed by atoms with Gasteiger partial charge in [-0.15, -0.1) is 0 Å². The molecule has 3 rings (SSSR count). The molecule has 1 aliphatic rings. The van der Waals surface area contributed by atoms with Gasteiger partial charge >= 0.3 is 0 Å². The third kappa shape index (κ3) is 7.53. The molecule has 2 aromatic carbocycles. The first-order valence-electron chi connectivity index (χ1n) is 10.1. The van der Waals surface area contributed by atoms with Crippen molar-refractivity contribution >= 4 is 62.2 Å². The van der Waals surface area contributed by atoms with E-state index in [2.05, 4.69) is 10.6 Å². The largest absolute Gasteiger partial charge is 0.492 e. The summed E-state index contributed by atoms with van der Waals surface area (Å²) in [6.45, 7) is 1.72. The molecule has 0 spiro atoms. The van der Waals surface area contributed by atoms with Gasteiger partial charge in [0, 0.05) is 30.2 Å². The summed E-state index contributed by atoms with van der Waals surface area (Å²) < 4.78 is 37.5. The van der Waals surface area contributed by atoms with Crippen LogP contribution in [0.1, 0.15) is 12.8 Å². The number of halogens is 2.